The highest BCUT2D eigenvalue weighted by Crippen LogP contribution is 2.35. The molecular formula is C25H20O. The number of benzene rings is 3. The summed E-state index contributed by atoms with van der Waals surface area (Å²) in [4.78, 5) is 12.6. The Labute approximate surface area is 153 Å². The average Bonchev–Trinajstić information content (AvgIpc) is 2.80. The molecule has 4 aromatic rings. The highest BCUT2D eigenvalue weighted by Gasteiger charge is 2.11. The van der Waals surface area contributed by atoms with Gasteiger partial charge in [0.05, 0.1) is 0 Å². The van der Waals surface area contributed by atoms with E-state index < -0.39 is 0 Å². The summed E-state index contributed by atoms with van der Waals surface area (Å²) in [5.41, 5.74) is 6.29. The van der Waals surface area contributed by atoms with E-state index in [0.717, 1.165) is 44.2 Å². The molecule has 0 aromatic heterocycles. The SMILES string of the molecule is Cc1cc2c(-c3ccccc3)ccc(-c3ccccc3)c2cc(C)c1=O. The molecule has 0 radical (unpaired) electrons. The molecule has 0 aliphatic carbocycles. The van der Waals surface area contributed by atoms with E-state index in [1.165, 1.54) is 0 Å². The molecule has 4 rings (SSSR count). The van der Waals surface area contributed by atoms with Crippen molar-refractivity contribution < 1.29 is 0 Å². The zero-order valence-electron chi connectivity index (χ0n) is 15.0. The molecule has 0 N–H and O–H groups in total. The summed E-state index contributed by atoms with van der Waals surface area (Å²) in [6, 6.07) is 29.1. The van der Waals surface area contributed by atoms with Crippen LogP contribution in [0.1, 0.15) is 11.1 Å². The van der Waals surface area contributed by atoms with Gasteiger partial charge in [0.25, 0.3) is 0 Å². The first-order valence-electron chi connectivity index (χ1n) is 8.84. The summed E-state index contributed by atoms with van der Waals surface area (Å²) in [6.45, 7) is 3.80. The zero-order chi connectivity index (χ0) is 18.1. The van der Waals surface area contributed by atoms with Crippen molar-refractivity contribution in [3.05, 3.63) is 106 Å². The first-order chi connectivity index (χ1) is 12.6. The average molecular weight is 336 g/mol. The van der Waals surface area contributed by atoms with Crippen LogP contribution >= 0.6 is 0 Å². The summed E-state index contributed by atoms with van der Waals surface area (Å²) < 4.78 is 0. The molecule has 1 nitrogen and oxygen atoms in total. The Balaban J connectivity index is 2.16. The summed E-state index contributed by atoms with van der Waals surface area (Å²) in [5, 5.41) is 2.22. The van der Waals surface area contributed by atoms with E-state index in [1.54, 1.807) is 0 Å². The van der Waals surface area contributed by atoms with Gasteiger partial charge in [-0.2, -0.15) is 0 Å². The molecule has 0 saturated heterocycles. The Morgan fingerprint density at radius 1 is 0.538 bits per heavy atom. The second-order valence-corrected chi connectivity index (χ2v) is 6.70. The fraction of sp³-hybridized carbons (Fsp3) is 0.0800. The maximum Gasteiger partial charge on any atom is 0.184 e. The van der Waals surface area contributed by atoms with Crippen molar-refractivity contribution in [2.75, 3.05) is 0 Å². The number of fused-ring (bicyclic) bond motifs is 1. The largest absolute Gasteiger partial charge is 0.289 e. The lowest BCUT2D eigenvalue weighted by Crippen LogP contribution is -2.03. The highest BCUT2D eigenvalue weighted by molar-refractivity contribution is 6.05. The molecular weight excluding hydrogens is 316 g/mol. The first-order valence-corrected chi connectivity index (χ1v) is 8.84. The van der Waals surface area contributed by atoms with Gasteiger partial charge in [0.15, 0.2) is 5.43 Å². The van der Waals surface area contributed by atoms with Crippen LogP contribution in [-0.2, 0) is 0 Å². The molecule has 1 heteroatoms. The lowest BCUT2D eigenvalue weighted by atomic mass is 9.93. The Hall–Kier alpha value is -3.19. The molecule has 0 saturated carbocycles. The predicted molar refractivity (Wildman–Crippen MR) is 111 cm³/mol. The van der Waals surface area contributed by atoms with E-state index >= 15 is 0 Å². The lowest BCUT2D eigenvalue weighted by molar-refractivity contribution is 1.35. The third-order valence-corrected chi connectivity index (χ3v) is 4.89. The zero-order valence-corrected chi connectivity index (χ0v) is 15.0. The minimum atomic E-state index is 0.110. The summed E-state index contributed by atoms with van der Waals surface area (Å²) in [5.74, 6) is 0. The molecule has 0 aliphatic rings. The van der Waals surface area contributed by atoms with Gasteiger partial charge in [-0.15, -0.1) is 0 Å². The van der Waals surface area contributed by atoms with Gasteiger partial charge < -0.3 is 0 Å². The van der Waals surface area contributed by atoms with Crippen molar-refractivity contribution in [2.24, 2.45) is 0 Å². The van der Waals surface area contributed by atoms with E-state index in [4.69, 9.17) is 0 Å². The van der Waals surface area contributed by atoms with Gasteiger partial charge in [-0.25, -0.2) is 0 Å². The molecule has 4 aromatic carbocycles. The van der Waals surface area contributed by atoms with E-state index in [0.29, 0.717) is 0 Å². The van der Waals surface area contributed by atoms with Crippen LogP contribution in [0.2, 0.25) is 0 Å². The van der Waals surface area contributed by atoms with E-state index in [9.17, 15) is 4.79 Å². The maximum atomic E-state index is 12.6. The Morgan fingerprint density at radius 3 is 1.31 bits per heavy atom. The van der Waals surface area contributed by atoms with Crippen molar-refractivity contribution in [3.8, 4) is 22.3 Å². The van der Waals surface area contributed by atoms with Gasteiger partial charge in [0, 0.05) is 0 Å². The topological polar surface area (TPSA) is 17.1 Å². The molecule has 0 fully saturated rings. The van der Waals surface area contributed by atoms with E-state index in [2.05, 4.69) is 36.4 Å². The standard InChI is InChI=1S/C25H20O/c1-17-15-23-21(19-9-5-3-6-10-19)13-14-22(20-11-7-4-8-12-20)24(23)16-18(2)25(17)26/h3-16H,1-2H3. The Morgan fingerprint density at radius 2 is 0.923 bits per heavy atom. The van der Waals surface area contributed by atoms with Gasteiger partial charge in [-0.3, -0.25) is 4.79 Å². The third kappa shape index (κ3) is 2.82. The monoisotopic (exact) mass is 336 g/mol. The summed E-state index contributed by atoms with van der Waals surface area (Å²) in [6.07, 6.45) is 0. The van der Waals surface area contributed by atoms with Crippen LogP contribution in [0.3, 0.4) is 0 Å². The smallest absolute Gasteiger partial charge is 0.184 e. The molecule has 126 valence electrons. The molecule has 0 bridgehead atoms. The van der Waals surface area contributed by atoms with Crippen LogP contribution in [0, 0.1) is 13.8 Å². The molecule has 0 heterocycles. The number of rotatable bonds is 2. The molecule has 0 aliphatic heterocycles. The van der Waals surface area contributed by atoms with Crippen LogP contribution in [0.4, 0.5) is 0 Å². The Kier molecular flexibility index (Phi) is 4.14. The second kappa shape index (κ2) is 6.61. The van der Waals surface area contributed by atoms with E-state index in [1.807, 2.05) is 62.4 Å². The van der Waals surface area contributed by atoms with Crippen molar-refractivity contribution >= 4 is 10.8 Å². The number of hydrogen-bond acceptors (Lipinski definition) is 1. The van der Waals surface area contributed by atoms with Crippen LogP contribution < -0.4 is 5.43 Å². The second-order valence-electron chi connectivity index (χ2n) is 6.70. The van der Waals surface area contributed by atoms with Crippen LogP contribution in [-0.4, -0.2) is 0 Å². The van der Waals surface area contributed by atoms with Gasteiger partial charge in [0.2, 0.25) is 0 Å². The van der Waals surface area contributed by atoms with Crippen molar-refractivity contribution in [3.63, 3.8) is 0 Å². The van der Waals surface area contributed by atoms with Gasteiger partial charge in [0.1, 0.15) is 0 Å². The minimum absolute atomic E-state index is 0.110. The lowest BCUT2D eigenvalue weighted by Gasteiger charge is -2.11. The first kappa shape index (κ1) is 16.3. The molecule has 26 heavy (non-hydrogen) atoms. The summed E-state index contributed by atoms with van der Waals surface area (Å²) in [7, 11) is 0. The van der Waals surface area contributed by atoms with Gasteiger partial charge in [-0.05, 0) is 70.1 Å². The molecule has 0 spiro atoms. The Bertz CT molecular complexity index is 1050. The summed E-state index contributed by atoms with van der Waals surface area (Å²) >= 11 is 0. The van der Waals surface area contributed by atoms with Crippen LogP contribution in [0.5, 0.6) is 0 Å². The molecule has 0 unspecified atom stereocenters. The quantitative estimate of drug-likeness (QED) is 0.429. The fourth-order valence-electron chi connectivity index (χ4n) is 3.56. The van der Waals surface area contributed by atoms with Crippen LogP contribution in [0.25, 0.3) is 33.0 Å². The van der Waals surface area contributed by atoms with E-state index in [-0.39, 0.29) is 5.43 Å². The van der Waals surface area contributed by atoms with Gasteiger partial charge in [-0.1, -0.05) is 72.8 Å². The highest BCUT2D eigenvalue weighted by atomic mass is 16.1. The molecule has 0 atom stereocenters. The number of hydrogen-bond donors (Lipinski definition) is 0. The third-order valence-electron chi connectivity index (χ3n) is 4.89. The fourth-order valence-corrected chi connectivity index (χ4v) is 3.56. The van der Waals surface area contributed by atoms with Crippen molar-refractivity contribution in [1.29, 1.82) is 0 Å². The molecule has 0 amide bonds. The van der Waals surface area contributed by atoms with Gasteiger partial charge >= 0.3 is 0 Å². The van der Waals surface area contributed by atoms with Crippen LogP contribution in [0.15, 0.2) is 89.7 Å². The van der Waals surface area contributed by atoms with Crippen molar-refractivity contribution in [1.82, 2.24) is 0 Å². The minimum Gasteiger partial charge on any atom is -0.289 e. The number of aryl methyl sites for hydroxylation is 2. The predicted octanol–water partition coefficient (Wildman–Crippen LogP) is 6.15. The maximum absolute atomic E-state index is 12.6. The van der Waals surface area contributed by atoms with Crippen molar-refractivity contribution in [2.45, 2.75) is 13.8 Å². The normalized spacial score (nSPS) is 10.8.